The number of methoxy groups -OCH3 is 1. The molecule has 0 spiro atoms. The number of ether oxygens (including phenoxy) is 1. The number of ketones is 1. The fourth-order valence-corrected chi connectivity index (χ4v) is 2.23. The van der Waals surface area contributed by atoms with Gasteiger partial charge in [0.15, 0.2) is 11.5 Å². The molecule has 2 rings (SSSR count). The quantitative estimate of drug-likeness (QED) is 0.794. The Bertz CT molecular complexity index is 557. The predicted molar refractivity (Wildman–Crippen MR) is 69.7 cm³/mol. The second kappa shape index (κ2) is 4.92. The Balaban J connectivity index is 2.49. The van der Waals surface area contributed by atoms with Crippen LogP contribution in [0.5, 0.6) is 5.75 Å². The van der Waals surface area contributed by atoms with Crippen molar-refractivity contribution in [2.75, 3.05) is 7.11 Å². The zero-order valence-corrected chi connectivity index (χ0v) is 11.3. The van der Waals surface area contributed by atoms with Crippen LogP contribution in [0.15, 0.2) is 27.1 Å². The number of carbonyl (C=O) groups excluding carboxylic acids is 1. The van der Waals surface area contributed by atoms with Crippen LogP contribution in [0.2, 0.25) is 0 Å². The van der Waals surface area contributed by atoms with Crippen molar-refractivity contribution in [2.45, 2.75) is 19.8 Å². The molecule has 3 nitrogen and oxygen atoms in total. The van der Waals surface area contributed by atoms with E-state index in [2.05, 4.69) is 15.9 Å². The molecule has 0 saturated heterocycles. The van der Waals surface area contributed by atoms with E-state index in [1.54, 1.807) is 13.2 Å². The number of fused-ring (bicyclic) bond motifs is 1. The van der Waals surface area contributed by atoms with E-state index in [0.717, 1.165) is 22.0 Å². The van der Waals surface area contributed by atoms with Crippen molar-refractivity contribution >= 4 is 32.7 Å². The fraction of sp³-hybridized carbons (Fsp3) is 0.308. The van der Waals surface area contributed by atoms with Gasteiger partial charge in [0.1, 0.15) is 11.3 Å². The number of hydrogen-bond acceptors (Lipinski definition) is 3. The Morgan fingerprint density at radius 2 is 2.18 bits per heavy atom. The number of furan rings is 1. The highest BCUT2D eigenvalue weighted by atomic mass is 79.9. The van der Waals surface area contributed by atoms with Crippen molar-refractivity contribution in [1.29, 1.82) is 0 Å². The summed E-state index contributed by atoms with van der Waals surface area (Å²) in [6.45, 7) is 1.97. The first-order valence-corrected chi connectivity index (χ1v) is 6.25. The Hall–Kier alpha value is -1.29. The number of Topliss-reactive ketones (excluding diaryl/α,β-unsaturated/α-hetero) is 1. The van der Waals surface area contributed by atoms with Crippen molar-refractivity contribution < 1.29 is 13.9 Å². The van der Waals surface area contributed by atoms with Gasteiger partial charge in [-0.2, -0.15) is 0 Å². The van der Waals surface area contributed by atoms with E-state index in [-0.39, 0.29) is 5.78 Å². The monoisotopic (exact) mass is 296 g/mol. The second-order valence-electron chi connectivity index (χ2n) is 3.81. The molecule has 4 heteroatoms. The van der Waals surface area contributed by atoms with Gasteiger partial charge in [-0.1, -0.05) is 6.92 Å². The Kier molecular flexibility index (Phi) is 3.52. The molecule has 2 aromatic rings. The molecule has 0 fully saturated rings. The molecule has 1 heterocycles. The number of rotatable bonds is 4. The van der Waals surface area contributed by atoms with E-state index in [9.17, 15) is 4.79 Å². The lowest BCUT2D eigenvalue weighted by Crippen LogP contribution is -1.94. The molecular weight excluding hydrogens is 284 g/mol. The smallest absolute Gasteiger partial charge is 0.198 e. The first-order chi connectivity index (χ1) is 8.15. The summed E-state index contributed by atoms with van der Waals surface area (Å²) >= 11 is 3.40. The zero-order chi connectivity index (χ0) is 12.4. The molecule has 0 unspecified atom stereocenters. The highest BCUT2D eigenvalue weighted by Gasteiger charge is 2.14. The third-order valence-corrected chi connectivity index (χ3v) is 3.12. The molecule has 0 aliphatic rings. The van der Waals surface area contributed by atoms with Crippen molar-refractivity contribution in [3.05, 3.63) is 28.4 Å². The first kappa shape index (κ1) is 12.2. The Morgan fingerprint density at radius 1 is 1.41 bits per heavy atom. The molecule has 0 saturated carbocycles. The third kappa shape index (κ3) is 2.36. The molecule has 0 aliphatic heterocycles. The maximum atomic E-state index is 11.7. The van der Waals surface area contributed by atoms with E-state index in [0.29, 0.717) is 17.8 Å². The van der Waals surface area contributed by atoms with E-state index in [4.69, 9.17) is 9.15 Å². The molecule has 0 bridgehead atoms. The summed E-state index contributed by atoms with van der Waals surface area (Å²) in [6.07, 6.45) is 1.33. The molecule has 1 aromatic carbocycles. The van der Waals surface area contributed by atoms with Crippen molar-refractivity contribution in [2.24, 2.45) is 0 Å². The second-order valence-corrected chi connectivity index (χ2v) is 4.67. The van der Waals surface area contributed by atoms with Crippen LogP contribution in [-0.2, 0) is 0 Å². The number of hydrogen-bond donors (Lipinski definition) is 0. The van der Waals surface area contributed by atoms with Gasteiger partial charge in [0.2, 0.25) is 0 Å². The summed E-state index contributed by atoms with van der Waals surface area (Å²) in [5.41, 5.74) is 0.685. The van der Waals surface area contributed by atoms with Gasteiger partial charge in [0, 0.05) is 11.8 Å². The summed E-state index contributed by atoms with van der Waals surface area (Å²) in [7, 11) is 1.61. The van der Waals surface area contributed by atoms with Crippen LogP contribution in [0.3, 0.4) is 0 Å². The molecule has 0 N–H and O–H groups in total. The molecule has 1 aromatic heterocycles. The first-order valence-electron chi connectivity index (χ1n) is 5.46. The molecule has 17 heavy (non-hydrogen) atoms. The van der Waals surface area contributed by atoms with Crippen molar-refractivity contribution in [1.82, 2.24) is 0 Å². The lowest BCUT2D eigenvalue weighted by molar-refractivity contribution is 0.0957. The summed E-state index contributed by atoms with van der Waals surface area (Å²) in [6, 6.07) is 5.44. The zero-order valence-electron chi connectivity index (χ0n) is 9.75. The Morgan fingerprint density at radius 3 is 2.82 bits per heavy atom. The largest absolute Gasteiger partial charge is 0.497 e. The highest BCUT2D eigenvalue weighted by molar-refractivity contribution is 9.10. The minimum Gasteiger partial charge on any atom is -0.497 e. The van der Waals surface area contributed by atoms with Crippen LogP contribution >= 0.6 is 15.9 Å². The summed E-state index contributed by atoms with van der Waals surface area (Å²) in [5, 5.41) is 0.871. The number of benzene rings is 1. The molecule has 0 atom stereocenters. The third-order valence-electron chi connectivity index (χ3n) is 2.53. The van der Waals surface area contributed by atoms with E-state index >= 15 is 0 Å². The number of halogens is 1. The van der Waals surface area contributed by atoms with Crippen LogP contribution < -0.4 is 4.74 Å². The van der Waals surface area contributed by atoms with Crippen LogP contribution in [0.1, 0.15) is 30.3 Å². The predicted octanol–water partition coefficient (Wildman–Crippen LogP) is 4.19. The Labute approximate surface area is 108 Å². The minimum absolute atomic E-state index is 0.0366. The minimum atomic E-state index is 0.0366. The lowest BCUT2D eigenvalue weighted by atomic mass is 10.2. The standard InChI is InChI=1S/C13H13BrO3/c1-3-4-11(15)12-6-8-5-9(16-2)7-10(14)13(8)17-12/h5-7H,3-4H2,1-2H3. The van der Waals surface area contributed by atoms with Gasteiger partial charge in [-0.05, 0) is 40.5 Å². The maximum absolute atomic E-state index is 11.7. The van der Waals surface area contributed by atoms with E-state index in [1.165, 1.54) is 0 Å². The molecule has 0 amide bonds. The maximum Gasteiger partial charge on any atom is 0.198 e. The van der Waals surface area contributed by atoms with Crippen LogP contribution in [0, 0.1) is 0 Å². The number of carbonyl (C=O) groups is 1. The topological polar surface area (TPSA) is 39.4 Å². The fourth-order valence-electron chi connectivity index (χ4n) is 1.69. The summed E-state index contributed by atoms with van der Waals surface area (Å²) < 4.78 is 11.5. The highest BCUT2D eigenvalue weighted by Crippen LogP contribution is 2.32. The van der Waals surface area contributed by atoms with Gasteiger partial charge in [0.25, 0.3) is 0 Å². The van der Waals surface area contributed by atoms with E-state index < -0.39 is 0 Å². The molecule has 90 valence electrons. The van der Waals surface area contributed by atoms with Gasteiger partial charge < -0.3 is 9.15 Å². The normalized spacial score (nSPS) is 10.8. The average molecular weight is 297 g/mol. The van der Waals surface area contributed by atoms with Crippen LogP contribution in [0.25, 0.3) is 11.0 Å². The molecule has 0 radical (unpaired) electrons. The van der Waals surface area contributed by atoms with E-state index in [1.807, 2.05) is 19.1 Å². The lowest BCUT2D eigenvalue weighted by Gasteiger charge is -1.99. The SMILES string of the molecule is CCCC(=O)c1cc2cc(OC)cc(Br)c2o1. The van der Waals surface area contributed by atoms with Gasteiger partial charge >= 0.3 is 0 Å². The van der Waals surface area contributed by atoms with Crippen LogP contribution in [0.4, 0.5) is 0 Å². The van der Waals surface area contributed by atoms with Crippen molar-refractivity contribution in [3.8, 4) is 5.75 Å². The van der Waals surface area contributed by atoms with Gasteiger partial charge in [-0.3, -0.25) is 4.79 Å². The molecular formula is C13H13BrO3. The summed E-state index contributed by atoms with van der Waals surface area (Å²) in [5.74, 6) is 1.19. The average Bonchev–Trinajstić information content (AvgIpc) is 2.73. The van der Waals surface area contributed by atoms with Gasteiger partial charge in [-0.15, -0.1) is 0 Å². The van der Waals surface area contributed by atoms with Gasteiger partial charge in [-0.25, -0.2) is 0 Å². The summed E-state index contributed by atoms with van der Waals surface area (Å²) in [4.78, 5) is 11.7. The van der Waals surface area contributed by atoms with Gasteiger partial charge in [0.05, 0.1) is 11.6 Å². The van der Waals surface area contributed by atoms with Crippen molar-refractivity contribution in [3.63, 3.8) is 0 Å². The molecule has 0 aliphatic carbocycles. The van der Waals surface area contributed by atoms with Crippen LogP contribution in [-0.4, -0.2) is 12.9 Å².